The van der Waals surface area contributed by atoms with E-state index in [4.69, 9.17) is 4.74 Å². The Morgan fingerprint density at radius 3 is 2.55 bits per heavy atom. The molecule has 0 aliphatic heterocycles. The summed E-state index contributed by atoms with van der Waals surface area (Å²) < 4.78 is 4.98. The summed E-state index contributed by atoms with van der Waals surface area (Å²) in [5.74, 6) is -0.00843. The fraction of sp³-hybridized carbons (Fsp3) is 0.778. The first-order chi connectivity index (χ1) is 5.08. The van der Waals surface area contributed by atoms with Gasteiger partial charge in [-0.15, -0.1) is 0 Å². The first kappa shape index (κ1) is 8.57. The van der Waals surface area contributed by atoms with Crippen molar-refractivity contribution in [2.75, 3.05) is 6.61 Å². The van der Waals surface area contributed by atoms with Crippen LogP contribution in [0, 0.1) is 17.8 Å². The van der Waals surface area contributed by atoms with Gasteiger partial charge in [-0.2, -0.15) is 0 Å². The Kier molecular flexibility index (Phi) is 2.21. The van der Waals surface area contributed by atoms with Gasteiger partial charge < -0.3 is 4.74 Å². The molecule has 1 fully saturated rings. The van der Waals surface area contributed by atoms with Crippen LogP contribution in [0.3, 0.4) is 0 Å². The Morgan fingerprint density at radius 1 is 1.64 bits per heavy atom. The lowest BCUT2D eigenvalue weighted by molar-refractivity contribution is -0.145. The number of carbonyl (C=O) groups excluding carboxylic acids is 1. The van der Waals surface area contributed by atoms with Gasteiger partial charge in [-0.1, -0.05) is 20.8 Å². The Hall–Kier alpha value is -0.530. The van der Waals surface area contributed by atoms with E-state index >= 15 is 0 Å². The van der Waals surface area contributed by atoms with E-state index in [9.17, 15) is 4.79 Å². The van der Waals surface area contributed by atoms with Crippen LogP contribution >= 0.6 is 0 Å². The van der Waals surface area contributed by atoms with Gasteiger partial charge in [0.15, 0.2) is 0 Å². The molecule has 0 aromatic carbocycles. The van der Waals surface area contributed by atoms with Crippen molar-refractivity contribution >= 4 is 5.97 Å². The maximum absolute atomic E-state index is 11.1. The van der Waals surface area contributed by atoms with E-state index in [0.29, 0.717) is 6.61 Å². The molecule has 11 heavy (non-hydrogen) atoms. The number of esters is 1. The van der Waals surface area contributed by atoms with Gasteiger partial charge in [0, 0.05) is 0 Å². The summed E-state index contributed by atoms with van der Waals surface area (Å²) in [6.07, 6.45) is 2.92. The van der Waals surface area contributed by atoms with Gasteiger partial charge in [0.05, 0.1) is 12.5 Å². The molecule has 1 unspecified atom stereocenters. The van der Waals surface area contributed by atoms with Gasteiger partial charge in [0.2, 0.25) is 0 Å². The molecule has 0 aromatic heterocycles. The van der Waals surface area contributed by atoms with E-state index < -0.39 is 0 Å². The smallest absolute Gasteiger partial charge is 0.309 e. The molecule has 0 amide bonds. The molecule has 1 aliphatic carbocycles. The normalized spacial score (nSPS) is 26.3. The van der Waals surface area contributed by atoms with Gasteiger partial charge in [0.1, 0.15) is 0 Å². The Morgan fingerprint density at radius 2 is 2.18 bits per heavy atom. The van der Waals surface area contributed by atoms with E-state index in [2.05, 4.69) is 0 Å². The number of hydrogen-bond acceptors (Lipinski definition) is 2. The molecule has 0 saturated heterocycles. The molecule has 1 atom stereocenters. The lowest BCUT2D eigenvalue weighted by Gasteiger charge is -2.03. The van der Waals surface area contributed by atoms with Crippen molar-refractivity contribution in [2.24, 2.45) is 11.3 Å². The third kappa shape index (κ3) is 1.95. The molecule has 1 rings (SSSR count). The molecule has 2 nitrogen and oxygen atoms in total. The first-order valence-corrected chi connectivity index (χ1v) is 4.10. The van der Waals surface area contributed by atoms with Gasteiger partial charge in [-0.3, -0.25) is 4.79 Å². The van der Waals surface area contributed by atoms with E-state index in [-0.39, 0.29) is 17.3 Å². The Bertz CT molecular complexity index is 161. The zero-order valence-electron chi connectivity index (χ0n) is 7.39. The van der Waals surface area contributed by atoms with Crippen molar-refractivity contribution in [3.8, 4) is 0 Å². The highest BCUT2D eigenvalue weighted by Crippen LogP contribution is 2.50. The molecule has 1 radical (unpaired) electrons. The third-order valence-electron chi connectivity index (χ3n) is 1.99. The van der Waals surface area contributed by atoms with Crippen LogP contribution in [0.15, 0.2) is 0 Å². The van der Waals surface area contributed by atoms with Crippen molar-refractivity contribution in [1.29, 1.82) is 0 Å². The van der Waals surface area contributed by atoms with Crippen molar-refractivity contribution in [3.05, 3.63) is 6.42 Å². The number of carbonyl (C=O) groups is 1. The lowest BCUT2D eigenvalue weighted by atomic mass is 10.1. The molecule has 1 saturated carbocycles. The van der Waals surface area contributed by atoms with E-state index in [1.165, 1.54) is 0 Å². The summed E-state index contributed by atoms with van der Waals surface area (Å²) in [4.78, 5) is 11.1. The van der Waals surface area contributed by atoms with Crippen LogP contribution in [-0.2, 0) is 9.53 Å². The van der Waals surface area contributed by atoms with Crippen LogP contribution in [0.5, 0.6) is 0 Å². The second kappa shape index (κ2) is 2.84. The second-order valence-electron chi connectivity index (χ2n) is 3.63. The van der Waals surface area contributed by atoms with Crippen LogP contribution in [0.25, 0.3) is 0 Å². The standard InChI is InChI=1S/C9H15O2/c1-4-5-11-8(10)7-6-9(7,2)3/h6-7H,4-5H2,1-3H3. The summed E-state index contributed by atoms with van der Waals surface area (Å²) >= 11 is 0. The molecule has 0 aromatic rings. The number of rotatable bonds is 3. The van der Waals surface area contributed by atoms with Crippen molar-refractivity contribution in [3.63, 3.8) is 0 Å². The van der Waals surface area contributed by atoms with Gasteiger partial charge in [-0.25, -0.2) is 0 Å². The maximum Gasteiger partial charge on any atom is 0.309 e. The van der Waals surface area contributed by atoms with Gasteiger partial charge in [0.25, 0.3) is 0 Å². The summed E-state index contributed by atoms with van der Waals surface area (Å²) in [6, 6.07) is 0. The molecule has 0 heterocycles. The molecule has 1 aliphatic rings. The minimum absolute atomic E-state index is 0.0500. The molecule has 0 bridgehead atoms. The molecular formula is C9H15O2. The van der Waals surface area contributed by atoms with Crippen LogP contribution in [0.4, 0.5) is 0 Å². The predicted octanol–water partition coefficient (Wildman–Crippen LogP) is 1.80. The lowest BCUT2D eigenvalue weighted by Crippen LogP contribution is -2.10. The van der Waals surface area contributed by atoms with Crippen molar-refractivity contribution < 1.29 is 9.53 Å². The van der Waals surface area contributed by atoms with Crippen LogP contribution in [0.2, 0.25) is 0 Å². The second-order valence-corrected chi connectivity index (χ2v) is 3.63. The maximum atomic E-state index is 11.1. The summed E-state index contributed by atoms with van der Waals surface area (Å²) in [7, 11) is 0. The van der Waals surface area contributed by atoms with Crippen molar-refractivity contribution in [1.82, 2.24) is 0 Å². The monoisotopic (exact) mass is 155 g/mol. The third-order valence-corrected chi connectivity index (χ3v) is 1.99. The zero-order valence-corrected chi connectivity index (χ0v) is 7.39. The molecular weight excluding hydrogens is 140 g/mol. The minimum Gasteiger partial charge on any atom is -0.465 e. The highest BCUT2D eigenvalue weighted by molar-refractivity contribution is 5.79. The minimum atomic E-state index is -0.0585. The Balaban J connectivity index is 2.23. The fourth-order valence-corrected chi connectivity index (χ4v) is 1.05. The summed E-state index contributed by atoms with van der Waals surface area (Å²) in [5, 5.41) is 0. The average molecular weight is 155 g/mol. The van der Waals surface area contributed by atoms with Crippen molar-refractivity contribution in [2.45, 2.75) is 27.2 Å². The van der Waals surface area contributed by atoms with Gasteiger partial charge in [-0.05, 0) is 18.3 Å². The first-order valence-electron chi connectivity index (χ1n) is 4.10. The van der Waals surface area contributed by atoms with Crippen LogP contribution < -0.4 is 0 Å². The predicted molar refractivity (Wildman–Crippen MR) is 42.8 cm³/mol. The Labute approximate surface area is 67.9 Å². The molecule has 0 N–H and O–H groups in total. The van der Waals surface area contributed by atoms with Crippen LogP contribution in [-0.4, -0.2) is 12.6 Å². The highest BCUT2D eigenvalue weighted by atomic mass is 16.5. The van der Waals surface area contributed by atoms with E-state index in [1.54, 1.807) is 0 Å². The largest absolute Gasteiger partial charge is 0.465 e. The summed E-state index contributed by atoms with van der Waals surface area (Å²) in [5.41, 5.74) is 0.0881. The number of ether oxygens (including phenoxy) is 1. The van der Waals surface area contributed by atoms with Gasteiger partial charge >= 0.3 is 5.97 Å². The topological polar surface area (TPSA) is 26.3 Å². The number of hydrogen-bond donors (Lipinski definition) is 0. The molecule has 2 heteroatoms. The quantitative estimate of drug-likeness (QED) is 0.581. The van der Waals surface area contributed by atoms with Crippen LogP contribution in [0.1, 0.15) is 27.2 Å². The van der Waals surface area contributed by atoms with E-state index in [1.807, 2.05) is 27.2 Å². The average Bonchev–Trinajstić information content (AvgIpc) is 2.55. The highest BCUT2D eigenvalue weighted by Gasteiger charge is 2.52. The SMILES string of the molecule is CCCOC(=O)C1[CH]C1(C)C. The fourth-order valence-electron chi connectivity index (χ4n) is 1.05. The summed E-state index contributed by atoms with van der Waals surface area (Å²) in [6.45, 7) is 6.64. The zero-order chi connectivity index (χ0) is 8.48. The van der Waals surface area contributed by atoms with E-state index in [0.717, 1.165) is 6.42 Å². The molecule has 0 spiro atoms. The molecule has 63 valence electrons.